The SMILES string of the molecule is COC(=O)c1ccc2[nH]c3c(c2c1)CN(C(=O)CNc1ccc(C#N)cc1)CC3. The maximum atomic E-state index is 12.7. The Morgan fingerprint density at radius 3 is 2.76 bits per heavy atom. The predicted molar refractivity (Wildman–Crippen MR) is 108 cm³/mol. The maximum Gasteiger partial charge on any atom is 0.337 e. The number of nitriles is 1. The van der Waals surface area contributed by atoms with Gasteiger partial charge in [-0.3, -0.25) is 4.79 Å². The van der Waals surface area contributed by atoms with Gasteiger partial charge in [0.15, 0.2) is 0 Å². The molecule has 29 heavy (non-hydrogen) atoms. The standard InChI is InChI=1S/C22H20N4O3/c1-29-22(28)15-4-7-19-17(10-15)18-13-26(9-8-20(18)25-19)21(27)12-24-16-5-2-14(11-23)3-6-16/h2-7,10,24-25H,8-9,12-13H2,1H3. The van der Waals surface area contributed by atoms with Crippen molar-refractivity contribution in [1.29, 1.82) is 5.26 Å². The number of ether oxygens (including phenoxy) is 1. The second-order valence-corrected chi connectivity index (χ2v) is 6.94. The lowest BCUT2D eigenvalue weighted by atomic mass is 10.0. The molecule has 146 valence electrons. The van der Waals surface area contributed by atoms with Crippen LogP contribution in [0.4, 0.5) is 5.69 Å². The number of carbonyl (C=O) groups excluding carboxylic acids is 2. The fraction of sp³-hybridized carbons (Fsp3) is 0.227. The first-order valence-corrected chi connectivity index (χ1v) is 9.32. The Morgan fingerprint density at radius 2 is 2.03 bits per heavy atom. The zero-order valence-corrected chi connectivity index (χ0v) is 16.0. The number of esters is 1. The van der Waals surface area contributed by atoms with Crippen molar-refractivity contribution < 1.29 is 14.3 Å². The fourth-order valence-corrected chi connectivity index (χ4v) is 3.62. The highest BCUT2D eigenvalue weighted by molar-refractivity contribution is 5.96. The van der Waals surface area contributed by atoms with Gasteiger partial charge in [0.05, 0.1) is 30.9 Å². The summed E-state index contributed by atoms with van der Waals surface area (Å²) in [5.41, 5.74) is 4.97. The lowest BCUT2D eigenvalue weighted by Crippen LogP contribution is -2.39. The molecule has 1 aliphatic rings. The molecule has 0 radical (unpaired) electrons. The summed E-state index contributed by atoms with van der Waals surface area (Å²) in [5, 5.41) is 12.9. The summed E-state index contributed by atoms with van der Waals surface area (Å²) in [5.74, 6) is -0.379. The normalized spacial score (nSPS) is 12.9. The second kappa shape index (κ2) is 7.68. The van der Waals surface area contributed by atoms with Crippen molar-refractivity contribution in [2.45, 2.75) is 13.0 Å². The van der Waals surface area contributed by atoms with E-state index in [1.807, 2.05) is 17.0 Å². The van der Waals surface area contributed by atoms with Crippen molar-refractivity contribution in [2.75, 3.05) is 25.5 Å². The Morgan fingerprint density at radius 1 is 1.24 bits per heavy atom. The number of hydrogen-bond donors (Lipinski definition) is 2. The topological polar surface area (TPSA) is 98.2 Å². The lowest BCUT2D eigenvalue weighted by Gasteiger charge is -2.27. The van der Waals surface area contributed by atoms with Crippen molar-refractivity contribution in [3.8, 4) is 6.07 Å². The first-order chi connectivity index (χ1) is 14.1. The third-order valence-electron chi connectivity index (χ3n) is 5.21. The van der Waals surface area contributed by atoms with Crippen LogP contribution in [0.1, 0.15) is 27.2 Å². The van der Waals surface area contributed by atoms with Gasteiger partial charge in [-0.05, 0) is 42.5 Å². The molecule has 2 N–H and O–H groups in total. The summed E-state index contributed by atoms with van der Waals surface area (Å²) in [7, 11) is 1.36. The molecule has 2 heterocycles. The Balaban J connectivity index is 1.48. The molecule has 4 rings (SSSR count). The summed E-state index contributed by atoms with van der Waals surface area (Å²) < 4.78 is 4.81. The molecule has 0 saturated carbocycles. The molecular weight excluding hydrogens is 368 g/mol. The van der Waals surface area contributed by atoms with Crippen LogP contribution in [0.15, 0.2) is 42.5 Å². The van der Waals surface area contributed by atoms with Crippen molar-refractivity contribution >= 4 is 28.5 Å². The molecular formula is C22H20N4O3. The van der Waals surface area contributed by atoms with E-state index >= 15 is 0 Å². The summed E-state index contributed by atoms with van der Waals surface area (Å²) in [6.45, 7) is 1.31. The molecule has 7 nitrogen and oxygen atoms in total. The van der Waals surface area contributed by atoms with Crippen molar-refractivity contribution in [3.05, 3.63) is 64.8 Å². The van der Waals surface area contributed by atoms with Gasteiger partial charge in [0, 0.05) is 47.4 Å². The van der Waals surface area contributed by atoms with Gasteiger partial charge in [-0.15, -0.1) is 0 Å². The minimum Gasteiger partial charge on any atom is -0.465 e. The molecule has 3 aromatic rings. The van der Waals surface area contributed by atoms with E-state index < -0.39 is 0 Å². The number of hydrogen-bond acceptors (Lipinski definition) is 5. The number of carbonyl (C=O) groups is 2. The van der Waals surface area contributed by atoms with Crippen LogP contribution in [0.3, 0.4) is 0 Å². The van der Waals surface area contributed by atoms with E-state index in [1.165, 1.54) is 7.11 Å². The largest absolute Gasteiger partial charge is 0.465 e. The van der Waals surface area contributed by atoms with E-state index in [0.29, 0.717) is 24.2 Å². The Kier molecular flexibility index (Phi) is 4.92. The third kappa shape index (κ3) is 3.65. The summed E-state index contributed by atoms with van der Waals surface area (Å²) in [4.78, 5) is 29.8. The quantitative estimate of drug-likeness (QED) is 0.670. The van der Waals surface area contributed by atoms with E-state index in [2.05, 4.69) is 16.4 Å². The number of rotatable bonds is 4. The van der Waals surface area contributed by atoms with Crippen LogP contribution in [-0.2, 0) is 22.5 Å². The fourth-order valence-electron chi connectivity index (χ4n) is 3.62. The van der Waals surface area contributed by atoms with E-state index in [4.69, 9.17) is 10.00 Å². The van der Waals surface area contributed by atoms with Gasteiger partial charge in [0.1, 0.15) is 0 Å². The van der Waals surface area contributed by atoms with Crippen LogP contribution in [0, 0.1) is 11.3 Å². The number of nitrogens with one attached hydrogen (secondary N) is 2. The van der Waals surface area contributed by atoms with Crippen LogP contribution >= 0.6 is 0 Å². The Hall–Kier alpha value is -3.79. The van der Waals surface area contributed by atoms with Gasteiger partial charge in [0.2, 0.25) is 5.91 Å². The number of H-pyrrole nitrogens is 1. The highest BCUT2D eigenvalue weighted by Gasteiger charge is 2.24. The van der Waals surface area contributed by atoms with Gasteiger partial charge in [0.25, 0.3) is 0 Å². The average Bonchev–Trinajstić information content (AvgIpc) is 3.14. The van der Waals surface area contributed by atoms with Crippen LogP contribution in [0.2, 0.25) is 0 Å². The van der Waals surface area contributed by atoms with E-state index in [9.17, 15) is 9.59 Å². The molecule has 1 amide bonds. The first kappa shape index (κ1) is 18.6. The van der Waals surface area contributed by atoms with Crippen LogP contribution in [0.5, 0.6) is 0 Å². The molecule has 0 unspecified atom stereocenters. The number of aromatic amines is 1. The van der Waals surface area contributed by atoms with Crippen LogP contribution in [0.25, 0.3) is 10.9 Å². The zero-order valence-electron chi connectivity index (χ0n) is 16.0. The molecule has 0 bridgehead atoms. The van der Waals surface area contributed by atoms with Gasteiger partial charge in [-0.25, -0.2) is 4.79 Å². The molecule has 0 spiro atoms. The number of fused-ring (bicyclic) bond motifs is 3. The van der Waals surface area contributed by atoms with E-state index in [1.54, 1.807) is 30.3 Å². The van der Waals surface area contributed by atoms with Crippen LogP contribution < -0.4 is 5.32 Å². The predicted octanol–water partition coefficient (Wildman–Crippen LogP) is 2.82. The van der Waals surface area contributed by atoms with Crippen molar-refractivity contribution in [2.24, 2.45) is 0 Å². The van der Waals surface area contributed by atoms with Crippen LogP contribution in [-0.4, -0.2) is 42.0 Å². The average molecular weight is 388 g/mol. The minimum absolute atomic E-state index is 0.00141. The minimum atomic E-state index is -0.378. The third-order valence-corrected chi connectivity index (χ3v) is 5.21. The Bertz CT molecular complexity index is 1130. The molecule has 2 aromatic carbocycles. The number of methoxy groups -OCH3 is 1. The van der Waals surface area contributed by atoms with Gasteiger partial charge >= 0.3 is 5.97 Å². The summed E-state index contributed by atoms with van der Waals surface area (Å²) >= 11 is 0. The van der Waals surface area contributed by atoms with Crippen molar-refractivity contribution in [3.63, 3.8) is 0 Å². The number of nitrogens with zero attached hydrogens (tertiary/aromatic N) is 2. The van der Waals surface area contributed by atoms with Gasteiger partial charge < -0.3 is 19.9 Å². The van der Waals surface area contributed by atoms with E-state index in [-0.39, 0.29) is 18.4 Å². The zero-order chi connectivity index (χ0) is 20.4. The molecule has 1 aliphatic heterocycles. The monoisotopic (exact) mass is 388 g/mol. The van der Waals surface area contributed by atoms with Gasteiger partial charge in [-0.2, -0.15) is 5.26 Å². The van der Waals surface area contributed by atoms with Gasteiger partial charge in [-0.1, -0.05) is 0 Å². The summed E-state index contributed by atoms with van der Waals surface area (Å²) in [6, 6.07) is 14.5. The van der Waals surface area contributed by atoms with Crippen molar-refractivity contribution in [1.82, 2.24) is 9.88 Å². The maximum absolute atomic E-state index is 12.7. The molecule has 7 heteroatoms. The number of benzene rings is 2. The molecule has 1 aromatic heterocycles. The smallest absolute Gasteiger partial charge is 0.337 e. The highest BCUT2D eigenvalue weighted by atomic mass is 16.5. The Labute approximate surface area is 167 Å². The highest BCUT2D eigenvalue weighted by Crippen LogP contribution is 2.29. The number of amides is 1. The summed E-state index contributed by atoms with van der Waals surface area (Å²) in [6.07, 6.45) is 0.736. The van der Waals surface area contributed by atoms with E-state index in [0.717, 1.165) is 34.3 Å². The second-order valence-electron chi connectivity index (χ2n) is 6.94. The molecule has 0 aliphatic carbocycles. The lowest BCUT2D eigenvalue weighted by molar-refractivity contribution is -0.130. The number of anilines is 1. The number of aromatic nitrogens is 1. The molecule has 0 saturated heterocycles. The first-order valence-electron chi connectivity index (χ1n) is 9.32. The molecule has 0 fully saturated rings. The molecule has 0 atom stereocenters.